The number of rotatable bonds is 7. The van der Waals surface area contributed by atoms with Crippen LogP contribution in [-0.4, -0.2) is 52.3 Å². The van der Waals surface area contributed by atoms with Gasteiger partial charge in [-0.1, -0.05) is 53.1 Å². The fourth-order valence-corrected chi connectivity index (χ4v) is 6.13. The van der Waals surface area contributed by atoms with Gasteiger partial charge in [-0.3, -0.25) is 4.79 Å². The number of amides is 1. The molecule has 9 heteroatoms. The molecule has 2 aliphatic heterocycles. The molecule has 3 heterocycles. The molecule has 0 bridgehead atoms. The van der Waals surface area contributed by atoms with Gasteiger partial charge in [-0.15, -0.1) is 10.2 Å². The average molecular weight is 450 g/mol. The summed E-state index contributed by atoms with van der Waals surface area (Å²) in [6.45, 7) is 7.83. The first kappa shape index (κ1) is 20.6. The molecule has 0 aliphatic carbocycles. The SMILES string of the molecule is C=C(C)CSc1nnc(SCC(=O)N2CCC[C@H]2c2ccc3c(c2)OCCO3)s1. The Hall–Kier alpha value is -1.71. The molecule has 29 heavy (non-hydrogen) atoms. The Balaban J connectivity index is 1.36. The number of carbonyl (C=O) groups excluding carboxylic acids is 1. The second-order valence-corrected chi connectivity index (χ2v) is 10.4. The molecule has 1 aromatic carbocycles. The van der Waals surface area contributed by atoms with Gasteiger partial charge in [0.1, 0.15) is 13.2 Å². The van der Waals surface area contributed by atoms with E-state index in [2.05, 4.69) is 16.8 Å². The maximum atomic E-state index is 12.9. The summed E-state index contributed by atoms with van der Waals surface area (Å²) >= 11 is 4.63. The van der Waals surface area contributed by atoms with Gasteiger partial charge in [0.25, 0.3) is 0 Å². The first-order valence-electron chi connectivity index (χ1n) is 9.52. The van der Waals surface area contributed by atoms with Crippen LogP contribution >= 0.6 is 34.9 Å². The molecule has 0 N–H and O–H groups in total. The largest absolute Gasteiger partial charge is 0.486 e. The van der Waals surface area contributed by atoms with Crippen LogP contribution in [0, 0.1) is 0 Å². The monoisotopic (exact) mass is 449 g/mol. The van der Waals surface area contributed by atoms with Crippen molar-refractivity contribution < 1.29 is 14.3 Å². The highest BCUT2D eigenvalue weighted by Gasteiger charge is 2.31. The van der Waals surface area contributed by atoms with E-state index in [1.54, 1.807) is 11.8 Å². The fourth-order valence-electron chi connectivity index (χ4n) is 3.38. The van der Waals surface area contributed by atoms with Crippen molar-refractivity contribution in [2.75, 3.05) is 31.3 Å². The standard InChI is InChI=1S/C20H23N3O3S3/c1-13(2)11-27-19-21-22-20(29-19)28-12-18(24)23-7-3-4-15(23)14-5-6-16-17(10-14)26-9-8-25-16/h5-6,10,15H,1,3-4,7-9,11-12H2,2H3/t15-/m0/s1. The molecular weight excluding hydrogens is 426 g/mol. The summed E-state index contributed by atoms with van der Waals surface area (Å²) in [5.41, 5.74) is 2.22. The zero-order valence-electron chi connectivity index (χ0n) is 16.3. The van der Waals surface area contributed by atoms with Gasteiger partial charge in [-0.05, 0) is 37.5 Å². The molecule has 1 fully saturated rings. The number of thioether (sulfide) groups is 2. The van der Waals surface area contributed by atoms with Gasteiger partial charge in [0.15, 0.2) is 20.2 Å². The lowest BCUT2D eigenvalue weighted by Crippen LogP contribution is -2.32. The van der Waals surface area contributed by atoms with Crippen molar-refractivity contribution >= 4 is 40.8 Å². The van der Waals surface area contributed by atoms with Crippen LogP contribution in [0.2, 0.25) is 0 Å². The van der Waals surface area contributed by atoms with Crippen molar-refractivity contribution in [3.8, 4) is 11.5 Å². The van der Waals surface area contributed by atoms with E-state index in [4.69, 9.17) is 9.47 Å². The minimum atomic E-state index is 0.0926. The molecule has 1 aromatic heterocycles. The van der Waals surface area contributed by atoms with Crippen LogP contribution in [0.3, 0.4) is 0 Å². The highest BCUT2D eigenvalue weighted by molar-refractivity contribution is 8.03. The minimum absolute atomic E-state index is 0.0926. The summed E-state index contributed by atoms with van der Waals surface area (Å²) in [7, 11) is 0. The van der Waals surface area contributed by atoms with Crippen LogP contribution in [0.1, 0.15) is 31.4 Å². The number of nitrogens with zero attached hydrogens (tertiary/aromatic N) is 3. The Kier molecular flexibility index (Phi) is 6.67. The second kappa shape index (κ2) is 9.40. The van der Waals surface area contributed by atoms with E-state index >= 15 is 0 Å². The van der Waals surface area contributed by atoms with E-state index in [0.29, 0.717) is 19.0 Å². The number of ether oxygens (including phenoxy) is 2. The number of carbonyl (C=O) groups is 1. The zero-order valence-corrected chi connectivity index (χ0v) is 18.7. The summed E-state index contributed by atoms with van der Waals surface area (Å²) < 4.78 is 13.1. The third kappa shape index (κ3) is 5.07. The molecule has 1 amide bonds. The predicted molar refractivity (Wildman–Crippen MR) is 117 cm³/mol. The highest BCUT2D eigenvalue weighted by atomic mass is 32.2. The molecule has 1 atom stereocenters. The van der Waals surface area contributed by atoms with E-state index in [1.807, 2.05) is 30.0 Å². The molecule has 6 nitrogen and oxygen atoms in total. The minimum Gasteiger partial charge on any atom is -0.486 e. The number of hydrogen-bond acceptors (Lipinski definition) is 8. The lowest BCUT2D eigenvalue weighted by molar-refractivity contribution is -0.129. The van der Waals surface area contributed by atoms with Gasteiger partial charge in [0, 0.05) is 12.3 Å². The van der Waals surface area contributed by atoms with E-state index < -0.39 is 0 Å². The number of likely N-dealkylation sites (tertiary alicyclic amines) is 1. The van der Waals surface area contributed by atoms with Crippen molar-refractivity contribution in [1.82, 2.24) is 15.1 Å². The van der Waals surface area contributed by atoms with Crippen molar-refractivity contribution in [2.45, 2.75) is 34.5 Å². The van der Waals surface area contributed by atoms with Gasteiger partial charge < -0.3 is 14.4 Å². The van der Waals surface area contributed by atoms with Crippen molar-refractivity contribution in [2.24, 2.45) is 0 Å². The highest BCUT2D eigenvalue weighted by Crippen LogP contribution is 2.38. The molecule has 1 saturated heterocycles. The van der Waals surface area contributed by atoms with Gasteiger partial charge in [0.05, 0.1) is 11.8 Å². The molecule has 154 valence electrons. The third-order valence-corrected chi connectivity index (χ3v) is 8.08. The first-order valence-corrected chi connectivity index (χ1v) is 12.3. The predicted octanol–water partition coefficient (Wildman–Crippen LogP) is 4.43. The molecule has 2 aromatic rings. The number of aromatic nitrogens is 2. The Morgan fingerprint density at radius 3 is 2.69 bits per heavy atom. The quantitative estimate of drug-likeness (QED) is 0.457. The van der Waals surface area contributed by atoms with E-state index in [9.17, 15) is 4.79 Å². The first-order chi connectivity index (χ1) is 14.1. The van der Waals surface area contributed by atoms with Gasteiger partial charge >= 0.3 is 0 Å². The molecular formula is C20H23N3O3S3. The summed E-state index contributed by atoms with van der Waals surface area (Å²) in [4.78, 5) is 14.9. The maximum Gasteiger partial charge on any atom is 0.233 e. The van der Waals surface area contributed by atoms with Crippen molar-refractivity contribution in [1.29, 1.82) is 0 Å². The van der Waals surface area contributed by atoms with Gasteiger partial charge in [-0.25, -0.2) is 0 Å². The van der Waals surface area contributed by atoms with E-state index in [1.165, 1.54) is 23.1 Å². The van der Waals surface area contributed by atoms with Crippen LogP contribution < -0.4 is 9.47 Å². The summed E-state index contributed by atoms with van der Waals surface area (Å²) in [5.74, 6) is 2.90. The topological polar surface area (TPSA) is 64.6 Å². The lowest BCUT2D eigenvalue weighted by Gasteiger charge is -2.26. The normalized spacial score (nSPS) is 18.1. The molecule has 4 rings (SSSR count). The fraction of sp³-hybridized carbons (Fsp3) is 0.450. The van der Waals surface area contributed by atoms with Crippen LogP contribution in [0.4, 0.5) is 0 Å². The Morgan fingerprint density at radius 1 is 1.21 bits per heavy atom. The van der Waals surface area contributed by atoms with Crippen LogP contribution in [-0.2, 0) is 4.79 Å². The summed E-state index contributed by atoms with van der Waals surface area (Å²) in [6, 6.07) is 6.11. The van der Waals surface area contributed by atoms with Gasteiger partial charge in [0.2, 0.25) is 5.91 Å². The Bertz CT molecular complexity index is 902. The van der Waals surface area contributed by atoms with Crippen molar-refractivity contribution in [3.63, 3.8) is 0 Å². The molecule has 0 radical (unpaired) electrons. The Morgan fingerprint density at radius 2 is 1.93 bits per heavy atom. The van der Waals surface area contributed by atoms with Crippen LogP contribution in [0.15, 0.2) is 39.0 Å². The third-order valence-electron chi connectivity index (χ3n) is 4.67. The summed E-state index contributed by atoms with van der Waals surface area (Å²) in [6.07, 6.45) is 1.98. The van der Waals surface area contributed by atoms with Crippen LogP contribution in [0.5, 0.6) is 11.5 Å². The number of fused-ring (bicyclic) bond motifs is 1. The second-order valence-electron chi connectivity index (χ2n) is 7.02. The maximum absolute atomic E-state index is 12.9. The van der Waals surface area contributed by atoms with E-state index in [-0.39, 0.29) is 11.9 Å². The molecule has 0 saturated carbocycles. The average Bonchev–Trinajstić information content (AvgIpc) is 3.40. The van der Waals surface area contributed by atoms with E-state index in [0.717, 1.165) is 56.5 Å². The number of benzene rings is 1. The molecule has 0 unspecified atom stereocenters. The molecule has 2 aliphatic rings. The van der Waals surface area contributed by atoms with Crippen molar-refractivity contribution in [3.05, 3.63) is 35.9 Å². The molecule has 0 spiro atoms. The zero-order chi connectivity index (χ0) is 20.2. The Labute approximate surface area is 183 Å². The lowest BCUT2D eigenvalue weighted by atomic mass is 10.0. The summed E-state index contributed by atoms with van der Waals surface area (Å²) in [5, 5.41) is 8.38. The number of hydrogen-bond donors (Lipinski definition) is 0. The van der Waals surface area contributed by atoms with Gasteiger partial charge in [-0.2, -0.15) is 0 Å². The smallest absolute Gasteiger partial charge is 0.233 e. The van der Waals surface area contributed by atoms with Crippen LogP contribution in [0.25, 0.3) is 0 Å².